The molecule has 14 nitrogen and oxygen atoms in total. The molecule has 18 heteroatoms. The monoisotopic (exact) mass is 848 g/mol. The van der Waals surface area contributed by atoms with Crippen LogP contribution in [0.25, 0.3) is 0 Å². The molecule has 3 saturated heterocycles. The van der Waals surface area contributed by atoms with Crippen LogP contribution in [0.1, 0.15) is 49.3 Å². The maximum Gasteiger partial charge on any atom is 0.418 e. The Morgan fingerprint density at radius 3 is 2.32 bits per heavy atom. The Bertz CT molecular complexity index is 1830. The second-order valence-corrected chi connectivity index (χ2v) is 16.9. The van der Waals surface area contributed by atoms with Gasteiger partial charge in [-0.2, -0.15) is 13.2 Å². The number of para-hydroxylation sites is 1. The number of alkyl halides is 3. The van der Waals surface area contributed by atoms with Gasteiger partial charge in [0.25, 0.3) is 5.91 Å². The molecule has 3 N–H and O–H groups in total. The Labute approximate surface area is 348 Å². The number of likely N-dealkylation sites (tertiary alicyclic amines) is 2. The normalized spacial score (nSPS) is 20.1. The smallest absolute Gasteiger partial charge is 0.418 e. The number of nitrogens with one attached hydrogen (secondary N) is 1. The van der Waals surface area contributed by atoms with Gasteiger partial charge in [0.15, 0.2) is 6.10 Å². The number of nitrogen functional groups attached to an aromatic ring is 1. The fraction of sp³-hybridized carbons (Fsp3) is 0.610. The van der Waals surface area contributed by atoms with E-state index in [0.717, 1.165) is 43.2 Å². The molecule has 0 saturated carbocycles. The van der Waals surface area contributed by atoms with Crippen molar-refractivity contribution in [3.05, 3.63) is 58.1 Å². The Balaban J connectivity index is 1.07. The maximum absolute atomic E-state index is 14.2. The van der Waals surface area contributed by atoms with Crippen molar-refractivity contribution in [1.82, 2.24) is 29.4 Å². The number of anilines is 2. The zero-order valence-corrected chi connectivity index (χ0v) is 34.8. The first-order chi connectivity index (χ1) is 28.0. The molecule has 4 aliphatic rings. The van der Waals surface area contributed by atoms with E-state index in [2.05, 4.69) is 22.0 Å². The highest BCUT2D eigenvalue weighted by Crippen LogP contribution is 2.38. The number of esters is 1. The molecular weight excluding hydrogens is 793 g/mol. The van der Waals surface area contributed by atoms with Crippen molar-refractivity contribution in [2.24, 2.45) is 0 Å². The number of hydrogen-bond donors (Lipinski definition) is 2. The first kappa shape index (κ1) is 44.2. The lowest BCUT2D eigenvalue weighted by Crippen LogP contribution is -2.61. The summed E-state index contributed by atoms with van der Waals surface area (Å²) in [6, 6.07) is 9.46. The number of carbonyl (C=O) groups excluding carboxylic acids is 4. The number of likely N-dealkylation sites (N-methyl/N-ethyl adjacent to an activating group) is 1. The molecule has 4 heterocycles. The lowest BCUT2D eigenvalue weighted by Gasteiger charge is -2.49. The Hall–Kier alpha value is -4.32. The van der Waals surface area contributed by atoms with E-state index in [1.54, 1.807) is 9.80 Å². The summed E-state index contributed by atoms with van der Waals surface area (Å²) in [5.74, 6) is -0.755. The Kier molecular flexibility index (Phi) is 14.2. The number of nitrogens with zero attached hydrogens (tertiary/aromatic N) is 6. The van der Waals surface area contributed by atoms with E-state index in [4.69, 9.17) is 26.8 Å². The van der Waals surface area contributed by atoms with Crippen molar-refractivity contribution >= 4 is 47.0 Å². The highest BCUT2D eigenvalue weighted by molar-refractivity contribution is 6.33. The minimum atomic E-state index is -4.80. The number of nitrogens with two attached hydrogens (primary N) is 1. The third-order valence-corrected chi connectivity index (χ3v) is 12.5. The van der Waals surface area contributed by atoms with Crippen molar-refractivity contribution in [2.45, 2.75) is 69.3 Å². The number of halogens is 4. The molecule has 59 heavy (non-hydrogen) atoms. The average Bonchev–Trinajstić information content (AvgIpc) is 3.37. The van der Waals surface area contributed by atoms with Crippen LogP contribution in [0.3, 0.4) is 0 Å². The number of ether oxygens (including phenoxy) is 2. The van der Waals surface area contributed by atoms with Gasteiger partial charge < -0.3 is 40.1 Å². The summed E-state index contributed by atoms with van der Waals surface area (Å²) in [5.41, 5.74) is 5.66. The summed E-state index contributed by atoms with van der Waals surface area (Å²) < 4.78 is 53.1. The summed E-state index contributed by atoms with van der Waals surface area (Å²) >= 11 is 6.15. The van der Waals surface area contributed by atoms with Gasteiger partial charge in [0.1, 0.15) is 6.61 Å². The highest BCUT2D eigenvalue weighted by atomic mass is 35.5. The van der Waals surface area contributed by atoms with Crippen molar-refractivity contribution in [2.75, 3.05) is 104 Å². The molecule has 324 valence electrons. The van der Waals surface area contributed by atoms with Gasteiger partial charge in [0, 0.05) is 89.1 Å². The topological polar surface area (TPSA) is 144 Å². The molecule has 4 amide bonds. The standard InChI is InChI=1S/C41H56ClF3N8O6/c1-40(11-16-49(17-12-40)27-35(54)58-23-22-48(2)3)52-20-18-50(19-21-52)37(55)34(26-28-24-31(41(43,44)45)36(46)32(42)25-28)59-39(57)51-13-9-30(10-14-51)53-15-8-29-6-4-5-7-33(29)47-38(53)56/h4-7,24-25,30,34H,8-23,26-27,46H2,1-3H3,(H,47,56)/t34-/m1/s1. The van der Waals surface area contributed by atoms with Crippen molar-refractivity contribution < 1.29 is 41.8 Å². The highest BCUT2D eigenvalue weighted by Gasteiger charge is 2.41. The largest absolute Gasteiger partial charge is 0.463 e. The summed E-state index contributed by atoms with van der Waals surface area (Å²) in [7, 11) is 3.84. The number of carbonyl (C=O) groups is 4. The fourth-order valence-electron chi connectivity index (χ4n) is 8.46. The second-order valence-electron chi connectivity index (χ2n) is 16.5. The van der Waals surface area contributed by atoms with Crippen LogP contribution in [0, 0.1) is 0 Å². The summed E-state index contributed by atoms with van der Waals surface area (Å²) in [6.07, 6.45) is -4.03. The average molecular weight is 849 g/mol. The number of piperidine rings is 2. The van der Waals surface area contributed by atoms with Crippen molar-refractivity contribution in [1.29, 1.82) is 0 Å². The molecule has 0 aliphatic carbocycles. The molecular formula is C41H56ClF3N8O6. The van der Waals surface area contributed by atoms with Crippen LogP contribution in [-0.4, -0.2) is 164 Å². The molecule has 0 bridgehead atoms. The molecule has 2 aromatic rings. The van der Waals surface area contributed by atoms with E-state index in [9.17, 15) is 32.3 Å². The number of amides is 4. The first-order valence-corrected chi connectivity index (χ1v) is 20.7. The quantitative estimate of drug-likeness (QED) is 0.243. The van der Waals surface area contributed by atoms with E-state index in [0.29, 0.717) is 65.1 Å². The predicted molar refractivity (Wildman–Crippen MR) is 217 cm³/mol. The van der Waals surface area contributed by atoms with E-state index < -0.39 is 35.5 Å². The van der Waals surface area contributed by atoms with E-state index in [1.165, 1.54) is 11.0 Å². The lowest BCUT2D eigenvalue weighted by molar-refractivity contribution is -0.146. The zero-order valence-electron chi connectivity index (χ0n) is 34.1. The molecule has 0 unspecified atom stereocenters. The predicted octanol–water partition coefficient (Wildman–Crippen LogP) is 4.65. The van der Waals surface area contributed by atoms with E-state index in [1.807, 2.05) is 43.3 Å². The van der Waals surface area contributed by atoms with Gasteiger partial charge in [-0.1, -0.05) is 29.8 Å². The van der Waals surface area contributed by atoms with Crippen LogP contribution in [0.2, 0.25) is 5.02 Å². The van der Waals surface area contributed by atoms with Gasteiger partial charge in [0.2, 0.25) is 0 Å². The molecule has 4 aliphatic heterocycles. The fourth-order valence-corrected chi connectivity index (χ4v) is 8.71. The first-order valence-electron chi connectivity index (χ1n) is 20.3. The van der Waals surface area contributed by atoms with Crippen LogP contribution >= 0.6 is 11.6 Å². The number of piperazine rings is 1. The SMILES string of the molecule is CN(C)CCOC(=O)CN1CCC(C)(N2CCN(C(=O)[C@@H](Cc3cc(Cl)c(N)c(C(F)(F)F)c3)OC(=O)N3CCC(N4CCc5ccccc5NC4=O)CC3)CC2)CC1. The van der Waals surface area contributed by atoms with Crippen molar-refractivity contribution in [3.8, 4) is 0 Å². The summed E-state index contributed by atoms with van der Waals surface area (Å²) in [5, 5.41) is 2.67. The second kappa shape index (κ2) is 18.9. The number of hydrogen-bond acceptors (Lipinski definition) is 10. The maximum atomic E-state index is 14.2. The van der Waals surface area contributed by atoms with E-state index >= 15 is 0 Å². The molecule has 1 atom stereocenters. The number of fused-ring (bicyclic) bond motifs is 1. The van der Waals surface area contributed by atoms with Gasteiger partial charge in [-0.25, -0.2) is 9.59 Å². The minimum absolute atomic E-state index is 0.0500. The number of urea groups is 1. The van der Waals surface area contributed by atoms with Crippen LogP contribution in [0.4, 0.5) is 34.1 Å². The van der Waals surface area contributed by atoms with Crippen LogP contribution in [0.5, 0.6) is 0 Å². The lowest BCUT2D eigenvalue weighted by atomic mass is 9.87. The molecule has 2 aromatic carbocycles. The summed E-state index contributed by atoms with van der Waals surface area (Å²) in [6.45, 7) is 7.66. The van der Waals surface area contributed by atoms with Gasteiger partial charge in [-0.3, -0.25) is 19.4 Å². The van der Waals surface area contributed by atoms with Gasteiger partial charge in [-0.05, 0) is 82.4 Å². The number of benzene rings is 2. The Morgan fingerprint density at radius 2 is 1.66 bits per heavy atom. The molecule has 6 rings (SSSR count). The summed E-state index contributed by atoms with van der Waals surface area (Å²) in [4.78, 5) is 64.7. The van der Waals surface area contributed by atoms with Crippen LogP contribution in [-0.2, 0) is 38.1 Å². The molecule has 0 radical (unpaired) electrons. The third kappa shape index (κ3) is 11.1. The van der Waals surface area contributed by atoms with Crippen molar-refractivity contribution in [3.63, 3.8) is 0 Å². The zero-order chi connectivity index (χ0) is 42.5. The molecule has 0 spiro atoms. The Morgan fingerprint density at radius 1 is 0.983 bits per heavy atom. The van der Waals surface area contributed by atoms with Gasteiger partial charge in [-0.15, -0.1) is 0 Å². The molecule has 3 fully saturated rings. The number of rotatable bonds is 11. The van der Waals surface area contributed by atoms with Gasteiger partial charge >= 0.3 is 24.3 Å². The third-order valence-electron chi connectivity index (χ3n) is 12.2. The molecule has 0 aromatic heterocycles. The van der Waals surface area contributed by atoms with Gasteiger partial charge in [0.05, 0.1) is 22.8 Å². The van der Waals surface area contributed by atoms with Crippen LogP contribution in [0.15, 0.2) is 36.4 Å². The minimum Gasteiger partial charge on any atom is -0.463 e. The van der Waals surface area contributed by atoms with E-state index in [-0.39, 0.29) is 60.2 Å². The van der Waals surface area contributed by atoms with Crippen LogP contribution < -0.4 is 11.1 Å².